The van der Waals surface area contributed by atoms with E-state index in [-0.39, 0.29) is 5.78 Å². The normalized spacial score (nSPS) is 10.1. The third kappa shape index (κ3) is 3.45. The van der Waals surface area contributed by atoms with Gasteiger partial charge in [-0.25, -0.2) is 5.43 Å². The molecule has 82 valence electrons. The highest BCUT2D eigenvalue weighted by molar-refractivity contribution is 5.95. The van der Waals surface area contributed by atoms with Crippen molar-refractivity contribution in [3.05, 3.63) is 46.4 Å². The molecule has 0 aromatic heterocycles. The lowest BCUT2D eigenvalue weighted by atomic mass is 10.1. The number of carbonyl (C=O) groups is 2. The second-order valence-corrected chi connectivity index (χ2v) is 3.10. The first kappa shape index (κ1) is 11.8. The van der Waals surface area contributed by atoms with Crippen molar-refractivity contribution in [3.63, 3.8) is 0 Å². The number of hydrogen-bond donors (Lipinski definition) is 1. The molecule has 0 bridgehead atoms. The maximum atomic E-state index is 11.2. The zero-order chi connectivity index (χ0) is 12.0. The predicted molar refractivity (Wildman–Crippen MR) is 59.4 cm³/mol. The van der Waals surface area contributed by atoms with E-state index in [2.05, 4.69) is 5.29 Å². The fourth-order valence-corrected chi connectivity index (χ4v) is 1.10. The van der Waals surface area contributed by atoms with E-state index in [4.69, 9.17) is 0 Å². The maximum Gasteiger partial charge on any atom is 0.273 e. The summed E-state index contributed by atoms with van der Waals surface area (Å²) >= 11 is 0. The Bertz CT molecular complexity index is 452. The van der Waals surface area contributed by atoms with Crippen LogP contribution in [0.1, 0.15) is 22.8 Å². The Morgan fingerprint density at radius 2 is 2.12 bits per heavy atom. The maximum absolute atomic E-state index is 11.2. The van der Waals surface area contributed by atoms with Crippen LogP contribution < -0.4 is 5.43 Å². The number of ketones is 1. The molecule has 0 aliphatic rings. The van der Waals surface area contributed by atoms with E-state index in [9.17, 15) is 14.5 Å². The van der Waals surface area contributed by atoms with Crippen LogP contribution in [-0.4, -0.2) is 11.7 Å². The van der Waals surface area contributed by atoms with Gasteiger partial charge in [-0.15, -0.1) is 4.91 Å². The van der Waals surface area contributed by atoms with E-state index in [0.29, 0.717) is 11.1 Å². The standard InChI is InChI=1S/C11H10N2O3/c1-8(14)5-6-9-3-2-4-10(7-9)11(15)12-13-16/h2-7H,1H3,(H,12,15,16)/b6-5+. The van der Waals surface area contributed by atoms with Crippen LogP contribution in [-0.2, 0) is 4.79 Å². The van der Waals surface area contributed by atoms with Gasteiger partial charge in [0.15, 0.2) is 5.78 Å². The van der Waals surface area contributed by atoms with Gasteiger partial charge in [0.1, 0.15) is 0 Å². The summed E-state index contributed by atoms with van der Waals surface area (Å²) in [5, 5.41) is 2.29. The van der Waals surface area contributed by atoms with E-state index in [0.717, 1.165) is 0 Å². The van der Waals surface area contributed by atoms with Gasteiger partial charge in [-0.1, -0.05) is 18.2 Å². The van der Waals surface area contributed by atoms with Gasteiger partial charge < -0.3 is 0 Å². The van der Waals surface area contributed by atoms with Crippen LogP contribution in [0.5, 0.6) is 0 Å². The Morgan fingerprint density at radius 1 is 1.38 bits per heavy atom. The first-order valence-corrected chi connectivity index (χ1v) is 4.55. The quantitative estimate of drug-likeness (QED) is 0.474. The van der Waals surface area contributed by atoms with Crippen molar-refractivity contribution in [3.8, 4) is 0 Å². The lowest BCUT2D eigenvalue weighted by molar-refractivity contribution is -0.112. The summed E-state index contributed by atoms with van der Waals surface area (Å²) in [5.41, 5.74) is 2.81. The number of nitroso groups, excluding NO2 is 1. The van der Waals surface area contributed by atoms with Crippen LogP contribution in [0.25, 0.3) is 6.08 Å². The summed E-state index contributed by atoms with van der Waals surface area (Å²) in [7, 11) is 0. The number of hydrogen-bond acceptors (Lipinski definition) is 4. The molecule has 5 nitrogen and oxygen atoms in total. The highest BCUT2D eigenvalue weighted by Gasteiger charge is 2.04. The largest absolute Gasteiger partial charge is 0.295 e. The summed E-state index contributed by atoms with van der Waals surface area (Å²) in [4.78, 5) is 31.8. The molecule has 0 spiro atoms. The highest BCUT2D eigenvalue weighted by Crippen LogP contribution is 2.07. The van der Waals surface area contributed by atoms with E-state index >= 15 is 0 Å². The summed E-state index contributed by atoms with van der Waals surface area (Å²) < 4.78 is 0. The van der Waals surface area contributed by atoms with Crippen molar-refractivity contribution >= 4 is 17.8 Å². The first-order valence-electron chi connectivity index (χ1n) is 4.55. The van der Waals surface area contributed by atoms with Crippen molar-refractivity contribution < 1.29 is 9.59 Å². The van der Waals surface area contributed by atoms with Gasteiger partial charge in [0.05, 0.1) is 5.29 Å². The van der Waals surface area contributed by atoms with Gasteiger partial charge in [-0.3, -0.25) is 9.59 Å². The minimum Gasteiger partial charge on any atom is -0.295 e. The number of carbonyl (C=O) groups excluding carboxylic acids is 2. The van der Waals surface area contributed by atoms with Crippen LogP contribution >= 0.6 is 0 Å². The number of amides is 1. The van der Waals surface area contributed by atoms with E-state index in [1.807, 2.05) is 0 Å². The minimum atomic E-state index is -0.576. The van der Waals surface area contributed by atoms with Crippen molar-refractivity contribution in [1.82, 2.24) is 5.43 Å². The molecule has 0 aliphatic carbocycles. The molecule has 0 saturated carbocycles. The zero-order valence-corrected chi connectivity index (χ0v) is 8.64. The molecule has 0 aliphatic heterocycles. The number of nitrogens with zero attached hydrogens (tertiary/aromatic N) is 1. The third-order valence-corrected chi connectivity index (χ3v) is 1.81. The lowest BCUT2D eigenvalue weighted by Gasteiger charge is -1.98. The third-order valence-electron chi connectivity index (χ3n) is 1.81. The molecule has 1 aromatic rings. The van der Waals surface area contributed by atoms with Crippen LogP contribution in [0, 0.1) is 4.91 Å². The lowest BCUT2D eigenvalue weighted by Crippen LogP contribution is -2.16. The van der Waals surface area contributed by atoms with Crippen molar-refractivity contribution in [1.29, 1.82) is 0 Å². The van der Waals surface area contributed by atoms with Crippen LogP contribution in [0.4, 0.5) is 0 Å². The molecule has 0 saturated heterocycles. The molecular formula is C11H10N2O3. The Labute approximate surface area is 92.1 Å². The monoisotopic (exact) mass is 218 g/mol. The van der Waals surface area contributed by atoms with Crippen molar-refractivity contribution in [2.45, 2.75) is 6.92 Å². The van der Waals surface area contributed by atoms with Gasteiger partial charge >= 0.3 is 0 Å². The fraction of sp³-hybridized carbons (Fsp3) is 0.0909. The van der Waals surface area contributed by atoms with Gasteiger partial charge in [0.2, 0.25) is 0 Å². The number of rotatable bonds is 4. The summed E-state index contributed by atoms with van der Waals surface area (Å²) in [5.74, 6) is -0.655. The Kier molecular flexibility index (Phi) is 4.08. The zero-order valence-electron chi connectivity index (χ0n) is 8.64. The molecule has 0 unspecified atom stereocenters. The SMILES string of the molecule is CC(=O)/C=C/c1cccc(C(=O)NN=O)c1. The van der Waals surface area contributed by atoms with Crippen molar-refractivity contribution in [2.24, 2.45) is 5.29 Å². The second-order valence-electron chi connectivity index (χ2n) is 3.10. The van der Waals surface area contributed by atoms with E-state index in [1.54, 1.807) is 35.8 Å². The topological polar surface area (TPSA) is 75.6 Å². The van der Waals surface area contributed by atoms with Crippen LogP contribution in [0.15, 0.2) is 35.6 Å². The fourth-order valence-electron chi connectivity index (χ4n) is 1.10. The predicted octanol–water partition coefficient (Wildman–Crippen LogP) is 1.70. The minimum absolute atomic E-state index is 0.0792. The van der Waals surface area contributed by atoms with Gasteiger partial charge in [-0.2, -0.15) is 0 Å². The van der Waals surface area contributed by atoms with Gasteiger partial charge in [0, 0.05) is 5.56 Å². The number of benzene rings is 1. The average molecular weight is 218 g/mol. The summed E-state index contributed by atoms with van der Waals surface area (Å²) in [6, 6.07) is 6.50. The molecule has 0 radical (unpaired) electrons. The smallest absolute Gasteiger partial charge is 0.273 e. The molecule has 0 fully saturated rings. The molecule has 16 heavy (non-hydrogen) atoms. The Hall–Kier alpha value is -2.30. The second kappa shape index (κ2) is 5.55. The molecule has 1 aromatic carbocycles. The average Bonchev–Trinajstić information content (AvgIpc) is 2.27. The number of allylic oxidation sites excluding steroid dienone is 1. The molecule has 1 amide bonds. The molecule has 1 N–H and O–H groups in total. The molecule has 0 heterocycles. The summed E-state index contributed by atoms with van der Waals surface area (Å²) in [6.45, 7) is 1.43. The van der Waals surface area contributed by atoms with Crippen LogP contribution in [0.3, 0.4) is 0 Å². The summed E-state index contributed by atoms with van der Waals surface area (Å²) in [6.07, 6.45) is 2.99. The molecule has 0 atom stereocenters. The van der Waals surface area contributed by atoms with E-state index in [1.165, 1.54) is 13.0 Å². The number of nitrogens with one attached hydrogen (secondary N) is 1. The highest BCUT2D eigenvalue weighted by atomic mass is 16.3. The molecular weight excluding hydrogens is 208 g/mol. The van der Waals surface area contributed by atoms with Crippen LogP contribution in [0.2, 0.25) is 0 Å². The molecule has 1 rings (SSSR count). The Balaban J connectivity index is 2.90. The van der Waals surface area contributed by atoms with Gasteiger partial charge in [-0.05, 0) is 30.7 Å². The first-order chi connectivity index (χ1) is 7.63. The van der Waals surface area contributed by atoms with Crippen molar-refractivity contribution in [2.75, 3.05) is 0 Å². The van der Waals surface area contributed by atoms with E-state index < -0.39 is 5.91 Å². The Morgan fingerprint density at radius 3 is 2.75 bits per heavy atom. The van der Waals surface area contributed by atoms with Gasteiger partial charge in [0.25, 0.3) is 5.91 Å². The molecule has 5 heteroatoms.